The highest BCUT2D eigenvalue weighted by molar-refractivity contribution is 5.85. The van der Waals surface area contributed by atoms with E-state index in [1.807, 2.05) is 0 Å². The molecule has 3 rings (SSSR count). The molecule has 1 fully saturated rings. The van der Waals surface area contributed by atoms with Crippen LogP contribution in [0.4, 0.5) is 0 Å². The van der Waals surface area contributed by atoms with E-state index in [1.165, 1.54) is 62.8 Å². The number of rotatable bonds is 2. The van der Waals surface area contributed by atoms with Gasteiger partial charge in [-0.05, 0) is 31.2 Å². The van der Waals surface area contributed by atoms with Crippen molar-refractivity contribution in [3.8, 4) is 0 Å². The van der Waals surface area contributed by atoms with Crippen molar-refractivity contribution in [2.75, 3.05) is 6.54 Å². The molecule has 1 N–H and O–H groups in total. The lowest BCUT2D eigenvalue weighted by molar-refractivity contribution is 0.551. The topological polar surface area (TPSA) is 24.4 Å². The first-order valence-electron chi connectivity index (χ1n) is 8.78. The molecule has 0 bridgehead atoms. The van der Waals surface area contributed by atoms with Crippen LogP contribution in [0.1, 0.15) is 69.3 Å². The summed E-state index contributed by atoms with van der Waals surface area (Å²) in [7, 11) is 0. The predicted molar refractivity (Wildman–Crippen MR) is 97.2 cm³/mol. The fourth-order valence-corrected chi connectivity index (χ4v) is 3.79. The minimum absolute atomic E-state index is 0. The Balaban J connectivity index is 0.00000176. The van der Waals surface area contributed by atoms with Crippen LogP contribution in [-0.4, -0.2) is 18.4 Å². The summed E-state index contributed by atoms with van der Waals surface area (Å²) in [6.45, 7) is 1.02. The van der Waals surface area contributed by atoms with Crippen LogP contribution in [0, 0.1) is 0 Å². The Hall–Kier alpha value is -1.02. The van der Waals surface area contributed by atoms with Crippen LogP contribution in [0.15, 0.2) is 35.3 Å². The Morgan fingerprint density at radius 1 is 0.864 bits per heavy atom. The zero-order valence-corrected chi connectivity index (χ0v) is 14.3. The Bertz CT molecular complexity index is 458. The number of aliphatic imine (C=N–C) groups is 1. The lowest BCUT2D eigenvalue weighted by Crippen LogP contribution is -2.36. The van der Waals surface area contributed by atoms with Crippen LogP contribution in [0.25, 0.3) is 0 Å². The molecule has 0 radical (unpaired) electrons. The third-order valence-electron chi connectivity index (χ3n) is 4.97. The van der Waals surface area contributed by atoms with Gasteiger partial charge in [0.05, 0.1) is 5.84 Å². The lowest BCUT2D eigenvalue weighted by Gasteiger charge is -2.23. The number of nitrogens with one attached hydrogen (secondary N) is 1. The van der Waals surface area contributed by atoms with Crippen molar-refractivity contribution >= 4 is 18.2 Å². The molecule has 0 aromatic heterocycles. The summed E-state index contributed by atoms with van der Waals surface area (Å²) in [5.41, 5.74) is 1.50. The summed E-state index contributed by atoms with van der Waals surface area (Å²) in [4.78, 5) is 4.84. The summed E-state index contributed by atoms with van der Waals surface area (Å²) in [6, 6.07) is 11.6. The van der Waals surface area contributed by atoms with Gasteiger partial charge in [0.25, 0.3) is 0 Å². The van der Waals surface area contributed by atoms with E-state index in [-0.39, 0.29) is 12.4 Å². The van der Waals surface area contributed by atoms with E-state index in [9.17, 15) is 0 Å². The molecule has 1 aliphatic carbocycles. The highest BCUT2D eigenvalue weighted by Gasteiger charge is 2.28. The normalized spacial score (nSPS) is 26.1. The first-order valence-corrected chi connectivity index (χ1v) is 8.78. The van der Waals surface area contributed by atoms with Crippen molar-refractivity contribution in [1.29, 1.82) is 0 Å². The Morgan fingerprint density at radius 2 is 1.64 bits per heavy atom. The maximum absolute atomic E-state index is 4.84. The summed E-state index contributed by atoms with van der Waals surface area (Å²) in [6.07, 6.45) is 11.8. The number of hydrogen-bond acceptors (Lipinski definition) is 2. The van der Waals surface area contributed by atoms with E-state index in [0.717, 1.165) is 13.0 Å². The van der Waals surface area contributed by atoms with E-state index < -0.39 is 0 Å². The van der Waals surface area contributed by atoms with Gasteiger partial charge in [-0.2, -0.15) is 0 Å². The molecule has 1 aliphatic heterocycles. The molecule has 1 saturated carbocycles. The first kappa shape index (κ1) is 17.3. The van der Waals surface area contributed by atoms with Crippen molar-refractivity contribution in [3.05, 3.63) is 35.9 Å². The van der Waals surface area contributed by atoms with Crippen LogP contribution in [0.3, 0.4) is 0 Å². The molecule has 0 spiro atoms. The maximum atomic E-state index is 4.84. The van der Waals surface area contributed by atoms with Gasteiger partial charge in [0.1, 0.15) is 0 Å². The van der Waals surface area contributed by atoms with Gasteiger partial charge in [0.15, 0.2) is 0 Å². The van der Waals surface area contributed by atoms with E-state index in [4.69, 9.17) is 4.99 Å². The second-order valence-electron chi connectivity index (χ2n) is 6.55. The lowest BCUT2D eigenvalue weighted by atomic mass is 9.94. The third kappa shape index (κ3) is 4.74. The van der Waals surface area contributed by atoms with Gasteiger partial charge in [-0.3, -0.25) is 4.99 Å². The van der Waals surface area contributed by atoms with Gasteiger partial charge >= 0.3 is 0 Å². The molecule has 0 unspecified atom stereocenters. The molecule has 1 aromatic carbocycles. The smallest absolute Gasteiger partial charge is 0.0965 e. The van der Waals surface area contributed by atoms with Gasteiger partial charge in [-0.25, -0.2) is 0 Å². The molecule has 122 valence electrons. The number of nitrogens with zero attached hydrogens (tertiary/aromatic N) is 1. The number of hydrogen-bond donors (Lipinski definition) is 1. The monoisotopic (exact) mass is 320 g/mol. The van der Waals surface area contributed by atoms with Gasteiger partial charge in [0, 0.05) is 24.9 Å². The minimum atomic E-state index is 0. The first-order chi connectivity index (χ1) is 10.4. The Morgan fingerprint density at radius 3 is 2.50 bits per heavy atom. The van der Waals surface area contributed by atoms with Crippen LogP contribution in [-0.2, 0) is 0 Å². The Labute approximate surface area is 141 Å². The quantitative estimate of drug-likeness (QED) is 0.806. The molecule has 2 nitrogen and oxygen atoms in total. The Kier molecular flexibility index (Phi) is 7.24. The average molecular weight is 321 g/mol. The molecule has 0 saturated heterocycles. The second-order valence-corrected chi connectivity index (χ2v) is 6.55. The van der Waals surface area contributed by atoms with Crippen LogP contribution < -0.4 is 5.32 Å². The summed E-state index contributed by atoms with van der Waals surface area (Å²) < 4.78 is 0. The molecule has 22 heavy (non-hydrogen) atoms. The molecule has 3 heteroatoms. The largest absolute Gasteiger partial charge is 0.370 e. The highest BCUT2D eigenvalue weighted by atomic mass is 35.5. The van der Waals surface area contributed by atoms with Gasteiger partial charge < -0.3 is 5.32 Å². The number of benzene rings is 1. The van der Waals surface area contributed by atoms with Crippen molar-refractivity contribution in [1.82, 2.24) is 5.32 Å². The molecule has 1 aromatic rings. The summed E-state index contributed by atoms with van der Waals surface area (Å²) >= 11 is 0. The van der Waals surface area contributed by atoms with Crippen molar-refractivity contribution in [3.63, 3.8) is 0 Å². The molecular weight excluding hydrogens is 292 g/mol. The zero-order valence-electron chi connectivity index (χ0n) is 13.5. The van der Waals surface area contributed by atoms with Crippen molar-refractivity contribution in [2.45, 2.75) is 69.7 Å². The fourth-order valence-electron chi connectivity index (χ4n) is 3.79. The fraction of sp³-hybridized carbons (Fsp3) is 0.632. The van der Waals surface area contributed by atoms with Gasteiger partial charge in [-0.1, -0.05) is 56.0 Å². The predicted octanol–water partition coefficient (Wildman–Crippen LogP) is 5.09. The second kappa shape index (κ2) is 9.19. The van der Waals surface area contributed by atoms with Crippen molar-refractivity contribution < 1.29 is 0 Å². The molecule has 1 heterocycles. The SMILES string of the molecule is Cl.c1ccc([C@H]2CCC[C@H]2NC2=NCCCCCCC2)cc1. The van der Waals surface area contributed by atoms with E-state index in [1.54, 1.807) is 0 Å². The molecular formula is C19H29ClN2. The van der Waals surface area contributed by atoms with Crippen LogP contribution >= 0.6 is 12.4 Å². The maximum Gasteiger partial charge on any atom is 0.0965 e. The summed E-state index contributed by atoms with van der Waals surface area (Å²) in [5, 5.41) is 3.81. The van der Waals surface area contributed by atoms with Gasteiger partial charge in [0.2, 0.25) is 0 Å². The van der Waals surface area contributed by atoms with E-state index in [0.29, 0.717) is 12.0 Å². The number of halogens is 1. The number of amidine groups is 1. The van der Waals surface area contributed by atoms with Crippen molar-refractivity contribution in [2.24, 2.45) is 4.99 Å². The summed E-state index contributed by atoms with van der Waals surface area (Å²) in [5.74, 6) is 1.95. The minimum Gasteiger partial charge on any atom is -0.370 e. The van der Waals surface area contributed by atoms with E-state index in [2.05, 4.69) is 35.6 Å². The van der Waals surface area contributed by atoms with Crippen LogP contribution in [0.2, 0.25) is 0 Å². The molecule has 2 aliphatic rings. The standard InChI is InChI=1S/C19H28N2.ClH/c1-2-7-14-19(20-15-8-3-1)21-18-13-9-12-17(18)16-10-5-4-6-11-16;/h4-6,10-11,17-18H,1-3,7-9,12-15H2,(H,20,21);1H/t17-,18-;/m1./s1. The van der Waals surface area contributed by atoms with Crippen LogP contribution in [0.5, 0.6) is 0 Å². The van der Waals surface area contributed by atoms with Gasteiger partial charge in [-0.15, -0.1) is 12.4 Å². The highest BCUT2D eigenvalue weighted by Crippen LogP contribution is 2.34. The molecule has 0 amide bonds. The third-order valence-corrected chi connectivity index (χ3v) is 4.97. The molecule has 2 atom stereocenters. The van der Waals surface area contributed by atoms with E-state index >= 15 is 0 Å². The zero-order chi connectivity index (χ0) is 14.3. The average Bonchev–Trinajstić information content (AvgIpc) is 3.02.